The molecule has 2 aliphatic rings. The molecule has 1 saturated heterocycles. The standard InChI is InChI=1S/C22H22FN9O2/c1-9-27-5-11(6-28-9)34-21-30-18-15(12-3-10(23)4-14(26-2)16(12)29-18)19(31-21)32-7-13-17(24)22(13,8-32)20(25)33/h3-6,13,17,26H,7-8,24H2,1-2H3,(H2,25,33)(H,29,30,31)/t13?,17-,22-/m1/s1. The van der Waals surface area contributed by atoms with Crippen LogP contribution in [0.25, 0.3) is 21.9 Å². The number of aryl methyl sites for hydroxylation is 1. The minimum Gasteiger partial charge on any atom is -0.421 e. The first-order chi connectivity index (χ1) is 16.3. The van der Waals surface area contributed by atoms with E-state index in [1.165, 1.54) is 24.5 Å². The zero-order valence-electron chi connectivity index (χ0n) is 18.5. The molecule has 34 heavy (non-hydrogen) atoms. The maximum Gasteiger partial charge on any atom is 0.326 e. The molecule has 6 N–H and O–H groups in total. The number of ether oxygens (including phenoxy) is 1. The summed E-state index contributed by atoms with van der Waals surface area (Å²) in [7, 11) is 1.71. The highest BCUT2D eigenvalue weighted by molar-refractivity contribution is 6.14. The van der Waals surface area contributed by atoms with Gasteiger partial charge in [-0.1, -0.05) is 0 Å². The number of aromatic nitrogens is 5. The molecule has 1 aliphatic carbocycles. The van der Waals surface area contributed by atoms with Crippen LogP contribution in [0.5, 0.6) is 11.8 Å². The van der Waals surface area contributed by atoms with Crippen molar-refractivity contribution >= 4 is 39.3 Å². The molecule has 174 valence electrons. The van der Waals surface area contributed by atoms with Crippen LogP contribution in [0.2, 0.25) is 0 Å². The van der Waals surface area contributed by atoms with Crippen LogP contribution in [-0.4, -0.2) is 57.0 Å². The van der Waals surface area contributed by atoms with E-state index >= 15 is 0 Å². The second kappa shape index (κ2) is 6.97. The van der Waals surface area contributed by atoms with E-state index in [9.17, 15) is 9.18 Å². The number of fused-ring (bicyclic) bond motifs is 4. The number of nitrogens with zero attached hydrogens (tertiary/aromatic N) is 5. The molecule has 6 rings (SSSR count). The molecular formula is C22H22FN9O2. The van der Waals surface area contributed by atoms with Crippen LogP contribution in [0.4, 0.5) is 15.9 Å². The molecule has 3 atom stereocenters. The third-order valence-corrected chi connectivity index (χ3v) is 6.93. The Balaban J connectivity index is 1.53. The predicted octanol–water partition coefficient (Wildman–Crippen LogP) is 1.43. The van der Waals surface area contributed by atoms with Crippen molar-refractivity contribution in [3.63, 3.8) is 0 Å². The highest BCUT2D eigenvalue weighted by atomic mass is 19.1. The Morgan fingerprint density at radius 1 is 1.32 bits per heavy atom. The highest BCUT2D eigenvalue weighted by Gasteiger charge is 2.71. The fraction of sp³-hybridized carbons (Fsp3) is 0.318. The molecule has 12 heteroatoms. The maximum absolute atomic E-state index is 14.5. The van der Waals surface area contributed by atoms with E-state index in [0.29, 0.717) is 58.1 Å². The molecular weight excluding hydrogens is 441 g/mol. The molecule has 1 amide bonds. The molecule has 3 aromatic heterocycles. The number of anilines is 2. The Morgan fingerprint density at radius 3 is 2.76 bits per heavy atom. The number of rotatable bonds is 5. The quantitative estimate of drug-likeness (QED) is 0.343. The molecule has 0 bridgehead atoms. The van der Waals surface area contributed by atoms with E-state index in [4.69, 9.17) is 16.2 Å². The Labute approximate surface area is 192 Å². The average Bonchev–Trinajstić information content (AvgIpc) is 3.13. The van der Waals surface area contributed by atoms with Crippen molar-refractivity contribution in [3.8, 4) is 11.8 Å². The second-order valence-electron chi connectivity index (χ2n) is 8.79. The van der Waals surface area contributed by atoms with Gasteiger partial charge < -0.3 is 31.4 Å². The summed E-state index contributed by atoms with van der Waals surface area (Å²) in [5.74, 6) is 0.584. The summed E-state index contributed by atoms with van der Waals surface area (Å²) in [6, 6.07) is 2.61. The van der Waals surface area contributed by atoms with Gasteiger partial charge in [0.05, 0.1) is 34.4 Å². The van der Waals surface area contributed by atoms with Crippen LogP contribution in [0.3, 0.4) is 0 Å². The maximum atomic E-state index is 14.5. The molecule has 2 fully saturated rings. The topological polar surface area (TPSA) is 161 Å². The molecule has 1 aromatic carbocycles. The first-order valence-electron chi connectivity index (χ1n) is 10.8. The fourth-order valence-electron chi connectivity index (χ4n) is 5.09. The van der Waals surface area contributed by atoms with E-state index in [1.54, 1.807) is 14.0 Å². The number of carbonyl (C=O) groups excluding carboxylic acids is 1. The van der Waals surface area contributed by atoms with Crippen molar-refractivity contribution in [1.29, 1.82) is 0 Å². The molecule has 4 aromatic rings. The molecule has 1 saturated carbocycles. The van der Waals surface area contributed by atoms with E-state index in [0.717, 1.165) is 0 Å². The number of piperidine rings is 1. The minimum atomic E-state index is -0.795. The Bertz CT molecular complexity index is 1470. The summed E-state index contributed by atoms with van der Waals surface area (Å²) < 4.78 is 20.3. The van der Waals surface area contributed by atoms with Crippen LogP contribution < -0.4 is 26.4 Å². The van der Waals surface area contributed by atoms with Gasteiger partial charge in [-0.2, -0.15) is 9.97 Å². The lowest BCUT2D eigenvalue weighted by Gasteiger charge is -2.23. The van der Waals surface area contributed by atoms with Gasteiger partial charge in [-0.05, 0) is 19.1 Å². The number of hydrogen-bond acceptors (Lipinski definition) is 9. The monoisotopic (exact) mass is 463 g/mol. The van der Waals surface area contributed by atoms with Gasteiger partial charge in [0.15, 0.2) is 5.75 Å². The predicted molar refractivity (Wildman–Crippen MR) is 123 cm³/mol. The normalized spacial score (nSPS) is 23.4. The molecule has 0 radical (unpaired) electrons. The molecule has 11 nitrogen and oxygen atoms in total. The number of carbonyl (C=O) groups is 1. The zero-order chi connectivity index (χ0) is 23.8. The summed E-state index contributed by atoms with van der Waals surface area (Å²) in [5.41, 5.74) is 12.8. The van der Waals surface area contributed by atoms with E-state index in [-0.39, 0.29) is 18.0 Å². The van der Waals surface area contributed by atoms with Gasteiger partial charge in [0, 0.05) is 37.5 Å². The number of amides is 1. The average molecular weight is 463 g/mol. The minimum absolute atomic E-state index is 0.0611. The van der Waals surface area contributed by atoms with Gasteiger partial charge in [-0.3, -0.25) is 4.79 Å². The van der Waals surface area contributed by atoms with Crippen molar-refractivity contribution in [1.82, 2.24) is 24.9 Å². The van der Waals surface area contributed by atoms with Gasteiger partial charge in [0.1, 0.15) is 23.1 Å². The van der Waals surface area contributed by atoms with E-state index < -0.39 is 17.1 Å². The number of hydrogen-bond donors (Lipinski definition) is 4. The third kappa shape index (κ3) is 2.81. The number of aromatic amines is 1. The number of benzene rings is 1. The largest absolute Gasteiger partial charge is 0.421 e. The van der Waals surface area contributed by atoms with E-state index in [2.05, 4.69) is 30.2 Å². The zero-order valence-corrected chi connectivity index (χ0v) is 18.5. The number of primary amides is 1. The SMILES string of the molecule is CNc1cc(F)cc2c1[nH]c1nc(Oc3cnc(C)nc3)nc(N3CC4[C@@H](N)[C@@]4(C(N)=O)C3)c12. The van der Waals surface area contributed by atoms with Gasteiger partial charge in [0.2, 0.25) is 5.91 Å². The smallest absolute Gasteiger partial charge is 0.326 e. The molecule has 0 spiro atoms. The summed E-state index contributed by atoms with van der Waals surface area (Å²) in [4.78, 5) is 34.9. The molecule has 4 heterocycles. The Morgan fingerprint density at radius 2 is 2.09 bits per heavy atom. The van der Waals surface area contributed by atoms with Crippen LogP contribution in [-0.2, 0) is 4.79 Å². The fourth-order valence-corrected chi connectivity index (χ4v) is 5.09. The van der Waals surface area contributed by atoms with Gasteiger partial charge in [-0.15, -0.1) is 0 Å². The lowest BCUT2D eigenvalue weighted by atomic mass is 10.1. The highest BCUT2D eigenvalue weighted by Crippen LogP contribution is 2.57. The first-order valence-corrected chi connectivity index (χ1v) is 10.8. The molecule has 1 aliphatic heterocycles. The van der Waals surface area contributed by atoms with Gasteiger partial charge in [-0.25, -0.2) is 14.4 Å². The van der Waals surface area contributed by atoms with Crippen LogP contribution in [0, 0.1) is 24.1 Å². The van der Waals surface area contributed by atoms with E-state index in [1.807, 2.05) is 4.90 Å². The summed E-state index contributed by atoms with van der Waals surface area (Å²) in [5, 5.41) is 4.23. The van der Waals surface area contributed by atoms with Crippen molar-refractivity contribution in [3.05, 3.63) is 36.2 Å². The van der Waals surface area contributed by atoms with Crippen molar-refractivity contribution < 1.29 is 13.9 Å². The summed E-state index contributed by atoms with van der Waals surface area (Å²) in [6.07, 6.45) is 3.06. The van der Waals surface area contributed by atoms with Crippen molar-refractivity contribution in [2.75, 3.05) is 30.4 Å². The van der Waals surface area contributed by atoms with Crippen LogP contribution in [0.15, 0.2) is 24.5 Å². The number of nitrogens with one attached hydrogen (secondary N) is 2. The first kappa shape index (κ1) is 20.5. The van der Waals surface area contributed by atoms with Gasteiger partial charge >= 0.3 is 6.01 Å². The van der Waals surface area contributed by atoms with Crippen molar-refractivity contribution in [2.24, 2.45) is 22.8 Å². The lowest BCUT2D eigenvalue weighted by Crippen LogP contribution is -2.39. The number of nitrogens with two attached hydrogens (primary N) is 2. The Hall–Kier alpha value is -4.06. The third-order valence-electron chi connectivity index (χ3n) is 6.93. The summed E-state index contributed by atoms with van der Waals surface area (Å²) >= 11 is 0. The lowest BCUT2D eigenvalue weighted by molar-refractivity contribution is -0.122. The molecule has 1 unspecified atom stereocenters. The van der Waals surface area contributed by atoms with Crippen LogP contribution in [0.1, 0.15) is 5.82 Å². The Kier molecular flexibility index (Phi) is 4.21. The number of H-pyrrole nitrogens is 1. The summed E-state index contributed by atoms with van der Waals surface area (Å²) in [6.45, 7) is 2.57. The second-order valence-corrected chi connectivity index (χ2v) is 8.79. The number of halogens is 1. The van der Waals surface area contributed by atoms with Gasteiger partial charge in [0.25, 0.3) is 0 Å². The van der Waals surface area contributed by atoms with Crippen LogP contribution >= 0.6 is 0 Å². The van der Waals surface area contributed by atoms with Crippen molar-refractivity contribution in [2.45, 2.75) is 13.0 Å².